The minimum atomic E-state index is -0.845. The molecule has 0 saturated heterocycles. The van der Waals surface area contributed by atoms with Gasteiger partial charge in [0, 0.05) is 23.4 Å². The molecule has 0 fully saturated rings. The molecule has 0 bridgehead atoms. The van der Waals surface area contributed by atoms with Gasteiger partial charge in [0.2, 0.25) is 0 Å². The van der Waals surface area contributed by atoms with Gasteiger partial charge in [0.15, 0.2) is 5.13 Å². The standard InChI is InChI=1S/C14H15FN2O2S/c1-8(7-11(18)19)13-12(17-14(16-2)20-13)9-3-5-10(15)6-4-9/h3-6,8H,7H2,1-2H3,(H,16,17)(H,18,19). The predicted molar refractivity (Wildman–Crippen MR) is 77.7 cm³/mol. The maximum absolute atomic E-state index is 13.0. The number of anilines is 1. The zero-order valence-corrected chi connectivity index (χ0v) is 12.0. The van der Waals surface area contributed by atoms with Crippen LogP contribution in [0.25, 0.3) is 11.3 Å². The van der Waals surface area contributed by atoms with E-state index in [4.69, 9.17) is 5.11 Å². The Morgan fingerprint density at radius 1 is 1.45 bits per heavy atom. The van der Waals surface area contributed by atoms with Gasteiger partial charge in [0.05, 0.1) is 12.1 Å². The first-order valence-electron chi connectivity index (χ1n) is 6.17. The van der Waals surface area contributed by atoms with Crippen LogP contribution < -0.4 is 5.32 Å². The van der Waals surface area contributed by atoms with Gasteiger partial charge in [-0.25, -0.2) is 9.37 Å². The van der Waals surface area contributed by atoms with Crippen LogP contribution in [0.3, 0.4) is 0 Å². The van der Waals surface area contributed by atoms with E-state index in [1.165, 1.54) is 23.5 Å². The number of aromatic nitrogens is 1. The number of hydrogen-bond acceptors (Lipinski definition) is 4. The molecule has 20 heavy (non-hydrogen) atoms. The fourth-order valence-corrected chi connectivity index (χ4v) is 2.93. The molecule has 2 rings (SSSR count). The largest absolute Gasteiger partial charge is 0.481 e. The Kier molecular flexibility index (Phi) is 4.34. The van der Waals surface area contributed by atoms with Crippen LogP contribution in [0.15, 0.2) is 24.3 Å². The van der Waals surface area contributed by atoms with Gasteiger partial charge >= 0.3 is 5.97 Å². The number of hydrogen-bond donors (Lipinski definition) is 2. The van der Waals surface area contributed by atoms with Crippen LogP contribution in [0, 0.1) is 5.82 Å². The van der Waals surface area contributed by atoms with Crippen molar-refractivity contribution >= 4 is 22.4 Å². The predicted octanol–water partition coefficient (Wildman–Crippen LogP) is 3.57. The summed E-state index contributed by atoms with van der Waals surface area (Å²) in [5, 5.41) is 12.6. The lowest BCUT2D eigenvalue weighted by molar-refractivity contribution is -0.137. The van der Waals surface area contributed by atoms with Gasteiger partial charge in [-0.2, -0.15) is 0 Å². The van der Waals surface area contributed by atoms with E-state index in [9.17, 15) is 9.18 Å². The Labute approximate surface area is 120 Å². The van der Waals surface area contributed by atoms with E-state index in [0.717, 1.165) is 15.6 Å². The maximum Gasteiger partial charge on any atom is 0.303 e. The van der Waals surface area contributed by atoms with Crippen molar-refractivity contribution < 1.29 is 14.3 Å². The van der Waals surface area contributed by atoms with Crippen LogP contribution in [0.4, 0.5) is 9.52 Å². The average Bonchev–Trinajstić information content (AvgIpc) is 2.83. The molecule has 0 amide bonds. The van der Waals surface area contributed by atoms with Gasteiger partial charge in [-0.05, 0) is 24.3 Å². The quantitative estimate of drug-likeness (QED) is 0.885. The van der Waals surface area contributed by atoms with Crippen LogP contribution in [-0.2, 0) is 4.79 Å². The molecule has 0 saturated carbocycles. The lowest BCUT2D eigenvalue weighted by atomic mass is 10.0. The molecule has 6 heteroatoms. The molecule has 0 aliphatic rings. The zero-order valence-electron chi connectivity index (χ0n) is 11.2. The summed E-state index contributed by atoms with van der Waals surface area (Å²) in [7, 11) is 1.76. The molecule has 2 N–H and O–H groups in total. The van der Waals surface area contributed by atoms with Crippen molar-refractivity contribution in [3.8, 4) is 11.3 Å². The van der Waals surface area contributed by atoms with Crippen molar-refractivity contribution in [2.45, 2.75) is 19.3 Å². The molecule has 0 aliphatic heterocycles. The third-order valence-corrected chi connectivity index (χ3v) is 4.22. The van der Waals surface area contributed by atoms with Crippen molar-refractivity contribution in [2.24, 2.45) is 0 Å². The Hall–Kier alpha value is -1.95. The second-order valence-electron chi connectivity index (χ2n) is 4.49. The number of carboxylic acids is 1. The highest BCUT2D eigenvalue weighted by molar-refractivity contribution is 7.16. The van der Waals surface area contributed by atoms with Gasteiger partial charge in [-0.1, -0.05) is 6.92 Å². The lowest BCUT2D eigenvalue weighted by Crippen LogP contribution is -2.02. The number of benzene rings is 1. The second-order valence-corrected chi connectivity index (χ2v) is 5.52. The third kappa shape index (κ3) is 3.14. The van der Waals surface area contributed by atoms with E-state index in [2.05, 4.69) is 10.3 Å². The van der Waals surface area contributed by atoms with Crippen molar-refractivity contribution in [3.63, 3.8) is 0 Å². The number of carbonyl (C=O) groups is 1. The number of halogens is 1. The number of nitrogens with one attached hydrogen (secondary N) is 1. The van der Waals surface area contributed by atoms with Gasteiger partial charge in [0.1, 0.15) is 5.82 Å². The van der Waals surface area contributed by atoms with Crippen molar-refractivity contribution in [1.82, 2.24) is 4.98 Å². The highest BCUT2D eigenvalue weighted by atomic mass is 32.1. The highest BCUT2D eigenvalue weighted by Gasteiger charge is 2.20. The van der Waals surface area contributed by atoms with E-state index < -0.39 is 5.97 Å². The molecule has 0 radical (unpaired) electrons. The first-order chi connectivity index (χ1) is 9.51. The summed E-state index contributed by atoms with van der Waals surface area (Å²) in [5.41, 5.74) is 1.50. The van der Waals surface area contributed by atoms with E-state index in [-0.39, 0.29) is 18.2 Å². The molecule has 1 atom stereocenters. The van der Waals surface area contributed by atoms with Gasteiger partial charge in [-0.3, -0.25) is 4.79 Å². The zero-order chi connectivity index (χ0) is 14.7. The first kappa shape index (κ1) is 14.5. The van der Waals surface area contributed by atoms with Crippen LogP contribution >= 0.6 is 11.3 Å². The van der Waals surface area contributed by atoms with Crippen LogP contribution in [0.5, 0.6) is 0 Å². The van der Waals surface area contributed by atoms with E-state index in [1.807, 2.05) is 6.92 Å². The van der Waals surface area contributed by atoms with Crippen LogP contribution in [0.1, 0.15) is 24.1 Å². The van der Waals surface area contributed by atoms with Gasteiger partial charge in [0.25, 0.3) is 0 Å². The summed E-state index contributed by atoms with van der Waals surface area (Å²) in [6, 6.07) is 6.06. The van der Waals surface area contributed by atoms with E-state index in [0.29, 0.717) is 5.69 Å². The molecule has 106 valence electrons. The number of thiazole rings is 1. The summed E-state index contributed by atoms with van der Waals surface area (Å²) in [6.07, 6.45) is 0.0412. The molecule has 1 unspecified atom stereocenters. The molecular formula is C14H15FN2O2S. The van der Waals surface area contributed by atoms with E-state index in [1.54, 1.807) is 19.2 Å². The Morgan fingerprint density at radius 3 is 2.65 bits per heavy atom. The Bertz CT molecular complexity index is 610. The number of nitrogens with zero attached hydrogens (tertiary/aromatic N) is 1. The van der Waals surface area contributed by atoms with Gasteiger partial charge < -0.3 is 10.4 Å². The first-order valence-corrected chi connectivity index (χ1v) is 6.99. The van der Waals surface area contributed by atoms with Crippen molar-refractivity contribution in [1.29, 1.82) is 0 Å². The minimum Gasteiger partial charge on any atom is -0.481 e. The molecule has 4 nitrogen and oxygen atoms in total. The normalized spacial score (nSPS) is 12.2. The maximum atomic E-state index is 13.0. The topological polar surface area (TPSA) is 62.2 Å². The number of aliphatic carboxylic acids is 1. The lowest BCUT2D eigenvalue weighted by Gasteiger charge is -2.08. The highest BCUT2D eigenvalue weighted by Crippen LogP contribution is 2.37. The monoisotopic (exact) mass is 294 g/mol. The van der Waals surface area contributed by atoms with Crippen molar-refractivity contribution in [3.05, 3.63) is 35.0 Å². The molecule has 1 aromatic heterocycles. The smallest absolute Gasteiger partial charge is 0.303 e. The Morgan fingerprint density at radius 2 is 2.10 bits per heavy atom. The fourth-order valence-electron chi connectivity index (χ4n) is 1.94. The molecular weight excluding hydrogens is 279 g/mol. The van der Waals surface area contributed by atoms with Crippen LogP contribution in [0.2, 0.25) is 0 Å². The molecule has 1 aromatic carbocycles. The summed E-state index contributed by atoms with van der Waals surface area (Å²) < 4.78 is 13.0. The molecule has 2 aromatic rings. The fraction of sp³-hybridized carbons (Fsp3) is 0.286. The van der Waals surface area contributed by atoms with Gasteiger partial charge in [-0.15, -0.1) is 11.3 Å². The minimum absolute atomic E-state index is 0.0412. The molecule has 1 heterocycles. The van der Waals surface area contributed by atoms with Crippen LogP contribution in [-0.4, -0.2) is 23.1 Å². The summed E-state index contributed by atoms with van der Waals surface area (Å²) in [6.45, 7) is 1.86. The second kappa shape index (κ2) is 6.00. The summed E-state index contributed by atoms with van der Waals surface area (Å²) in [5.74, 6) is -1.30. The molecule has 0 aliphatic carbocycles. The Balaban J connectivity index is 2.43. The summed E-state index contributed by atoms with van der Waals surface area (Å²) in [4.78, 5) is 16.2. The average molecular weight is 294 g/mol. The van der Waals surface area contributed by atoms with E-state index >= 15 is 0 Å². The SMILES string of the molecule is CNc1nc(-c2ccc(F)cc2)c(C(C)CC(=O)O)s1. The third-order valence-electron chi connectivity index (χ3n) is 2.91. The number of carboxylic acid groups (broad SMARTS) is 1. The van der Waals surface area contributed by atoms with Crippen molar-refractivity contribution in [2.75, 3.05) is 12.4 Å². The summed E-state index contributed by atoms with van der Waals surface area (Å²) >= 11 is 1.43. The molecule has 0 spiro atoms. The number of rotatable bonds is 5.